The fourth-order valence-corrected chi connectivity index (χ4v) is 2.98. The molecular formula is C14H31N3O. The highest BCUT2D eigenvalue weighted by Gasteiger charge is 2.27. The van der Waals surface area contributed by atoms with Crippen LogP contribution >= 0.6 is 0 Å². The van der Waals surface area contributed by atoms with Crippen LogP contribution in [0.5, 0.6) is 0 Å². The molecule has 3 unspecified atom stereocenters. The van der Waals surface area contributed by atoms with E-state index in [0.29, 0.717) is 12.0 Å². The van der Waals surface area contributed by atoms with E-state index in [4.69, 9.17) is 5.73 Å². The third-order valence-corrected chi connectivity index (χ3v) is 4.16. The maximum Gasteiger partial charge on any atom is 0.0601 e. The molecule has 1 fully saturated rings. The first-order valence-electron chi connectivity index (χ1n) is 7.22. The molecule has 0 radical (unpaired) electrons. The molecule has 0 bridgehead atoms. The molecule has 4 nitrogen and oxygen atoms in total. The number of aliphatic hydroxyl groups excluding tert-OH is 1. The van der Waals surface area contributed by atoms with Gasteiger partial charge in [0.05, 0.1) is 6.61 Å². The molecule has 0 aromatic rings. The fraction of sp³-hybridized carbons (Fsp3) is 1.00. The molecule has 3 N–H and O–H groups in total. The van der Waals surface area contributed by atoms with Gasteiger partial charge in [-0.05, 0) is 45.8 Å². The number of likely N-dealkylation sites (tertiary alicyclic amines) is 1. The molecule has 1 heterocycles. The van der Waals surface area contributed by atoms with Gasteiger partial charge < -0.3 is 15.7 Å². The number of nitrogens with two attached hydrogens (primary N) is 1. The van der Waals surface area contributed by atoms with E-state index < -0.39 is 0 Å². The summed E-state index contributed by atoms with van der Waals surface area (Å²) in [6.07, 6.45) is 3.52. The van der Waals surface area contributed by atoms with E-state index in [-0.39, 0.29) is 18.7 Å². The van der Waals surface area contributed by atoms with E-state index in [2.05, 4.69) is 37.7 Å². The summed E-state index contributed by atoms with van der Waals surface area (Å²) >= 11 is 0. The summed E-state index contributed by atoms with van der Waals surface area (Å²) in [5, 5.41) is 9.58. The van der Waals surface area contributed by atoms with Gasteiger partial charge in [0.15, 0.2) is 0 Å². The van der Waals surface area contributed by atoms with Gasteiger partial charge in [-0.1, -0.05) is 13.8 Å². The Bertz CT molecular complexity index is 235. The van der Waals surface area contributed by atoms with Crippen LogP contribution in [0.2, 0.25) is 0 Å². The number of likely N-dealkylation sites (N-methyl/N-ethyl adjacent to an activating group) is 2. The second kappa shape index (κ2) is 7.43. The molecule has 3 atom stereocenters. The van der Waals surface area contributed by atoms with Crippen molar-refractivity contribution in [2.75, 3.05) is 33.8 Å². The smallest absolute Gasteiger partial charge is 0.0601 e. The van der Waals surface area contributed by atoms with Crippen LogP contribution in [-0.2, 0) is 0 Å². The lowest BCUT2D eigenvalue weighted by Gasteiger charge is -2.35. The molecule has 1 aliphatic heterocycles. The molecule has 1 saturated heterocycles. The van der Waals surface area contributed by atoms with Crippen molar-refractivity contribution in [1.82, 2.24) is 9.80 Å². The Hall–Kier alpha value is -0.160. The Morgan fingerprint density at radius 2 is 2.11 bits per heavy atom. The summed E-state index contributed by atoms with van der Waals surface area (Å²) in [5.74, 6) is 0.580. The number of rotatable bonds is 7. The minimum Gasteiger partial charge on any atom is -0.395 e. The van der Waals surface area contributed by atoms with Crippen molar-refractivity contribution in [3.63, 3.8) is 0 Å². The van der Waals surface area contributed by atoms with Crippen molar-refractivity contribution >= 4 is 0 Å². The molecule has 0 aromatic heterocycles. The minimum atomic E-state index is 0.0618. The van der Waals surface area contributed by atoms with Crippen LogP contribution in [0.1, 0.15) is 33.1 Å². The van der Waals surface area contributed by atoms with Gasteiger partial charge in [0.2, 0.25) is 0 Å². The first-order valence-corrected chi connectivity index (χ1v) is 7.22. The predicted octanol–water partition coefficient (Wildman–Crippen LogP) is 0.747. The molecule has 1 rings (SSSR count). The molecule has 4 heteroatoms. The monoisotopic (exact) mass is 257 g/mol. The zero-order valence-electron chi connectivity index (χ0n) is 12.5. The highest BCUT2D eigenvalue weighted by atomic mass is 16.3. The molecule has 18 heavy (non-hydrogen) atoms. The lowest BCUT2D eigenvalue weighted by Crippen LogP contribution is -2.52. The zero-order chi connectivity index (χ0) is 13.7. The van der Waals surface area contributed by atoms with Crippen molar-refractivity contribution < 1.29 is 5.11 Å². The van der Waals surface area contributed by atoms with E-state index in [1.165, 1.54) is 19.4 Å². The van der Waals surface area contributed by atoms with Crippen molar-refractivity contribution in [1.29, 1.82) is 0 Å². The Kier molecular flexibility index (Phi) is 6.57. The van der Waals surface area contributed by atoms with Crippen LogP contribution in [0.3, 0.4) is 0 Å². The normalized spacial score (nSPS) is 25.0. The molecule has 0 aromatic carbocycles. The average molecular weight is 257 g/mol. The standard InChI is InChI=1S/C14H31N3O/c1-11(2)8-13(15)14(10-18)17(4)9-12-6-5-7-16(12)3/h11-14,18H,5-10,15H2,1-4H3. The molecule has 0 amide bonds. The lowest BCUT2D eigenvalue weighted by molar-refractivity contribution is 0.0989. The van der Waals surface area contributed by atoms with Gasteiger partial charge in [-0.3, -0.25) is 4.90 Å². The van der Waals surface area contributed by atoms with E-state index >= 15 is 0 Å². The molecule has 0 spiro atoms. The van der Waals surface area contributed by atoms with Crippen molar-refractivity contribution in [3.8, 4) is 0 Å². The number of hydrogen-bond donors (Lipinski definition) is 2. The second-order valence-corrected chi connectivity index (χ2v) is 6.26. The highest BCUT2D eigenvalue weighted by molar-refractivity contribution is 4.85. The van der Waals surface area contributed by atoms with Gasteiger partial charge in [0.25, 0.3) is 0 Å². The number of hydrogen-bond acceptors (Lipinski definition) is 4. The zero-order valence-corrected chi connectivity index (χ0v) is 12.5. The minimum absolute atomic E-state index is 0.0618. The van der Waals surface area contributed by atoms with Crippen LogP contribution in [0.25, 0.3) is 0 Å². The van der Waals surface area contributed by atoms with Crippen molar-refractivity contribution in [3.05, 3.63) is 0 Å². The summed E-state index contributed by atoms with van der Waals surface area (Å²) < 4.78 is 0. The summed E-state index contributed by atoms with van der Waals surface area (Å²) in [6.45, 7) is 6.72. The van der Waals surface area contributed by atoms with E-state index in [1.54, 1.807) is 0 Å². The van der Waals surface area contributed by atoms with Gasteiger partial charge in [-0.15, -0.1) is 0 Å². The third-order valence-electron chi connectivity index (χ3n) is 4.16. The molecular weight excluding hydrogens is 226 g/mol. The molecule has 1 aliphatic rings. The Balaban J connectivity index is 2.47. The quantitative estimate of drug-likeness (QED) is 0.706. The van der Waals surface area contributed by atoms with E-state index in [9.17, 15) is 5.11 Å². The van der Waals surface area contributed by atoms with Gasteiger partial charge in [-0.25, -0.2) is 0 Å². The first-order chi connectivity index (χ1) is 8.45. The lowest BCUT2D eigenvalue weighted by atomic mass is 9.97. The Morgan fingerprint density at radius 3 is 2.56 bits per heavy atom. The van der Waals surface area contributed by atoms with Crippen molar-refractivity contribution in [2.24, 2.45) is 11.7 Å². The van der Waals surface area contributed by atoms with E-state index in [1.807, 2.05) is 0 Å². The molecule has 108 valence electrons. The molecule has 0 aliphatic carbocycles. The van der Waals surface area contributed by atoms with Gasteiger partial charge in [-0.2, -0.15) is 0 Å². The van der Waals surface area contributed by atoms with Crippen LogP contribution in [0.4, 0.5) is 0 Å². The van der Waals surface area contributed by atoms with Crippen LogP contribution < -0.4 is 5.73 Å². The van der Waals surface area contributed by atoms with Crippen LogP contribution in [0.15, 0.2) is 0 Å². The Labute approximate surface area is 112 Å². The fourth-order valence-electron chi connectivity index (χ4n) is 2.98. The topological polar surface area (TPSA) is 52.7 Å². The van der Waals surface area contributed by atoms with E-state index in [0.717, 1.165) is 13.0 Å². The first kappa shape index (κ1) is 15.9. The van der Waals surface area contributed by atoms with Crippen LogP contribution in [-0.4, -0.2) is 66.8 Å². The maximum atomic E-state index is 9.58. The van der Waals surface area contributed by atoms with Crippen molar-refractivity contribution in [2.45, 2.75) is 51.2 Å². The van der Waals surface area contributed by atoms with Gasteiger partial charge in [0.1, 0.15) is 0 Å². The third kappa shape index (κ3) is 4.50. The summed E-state index contributed by atoms with van der Waals surface area (Å²) in [6, 6.07) is 0.767. The highest BCUT2D eigenvalue weighted by Crippen LogP contribution is 2.17. The van der Waals surface area contributed by atoms with Crippen LogP contribution in [0, 0.1) is 5.92 Å². The second-order valence-electron chi connectivity index (χ2n) is 6.26. The largest absolute Gasteiger partial charge is 0.395 e. The number of nitrogens with zero attached hydrogens (tertiary/aromatic N) is 2. The Morgan fingerprint density at radius 1 is 1.44 bits per heavy atom. The SMILES string of the molecule is CC(C)CC(N)C(CO)N(C)CC1CCCN1C. The number of aliphatic hydroxyl groups is 1. The average Bonchev–Trinajstić information content (AvgIpc) is 2.64. The maximum absolute atomic E-state index is 9.58. The summed E-state index contributed by atoms with van der Waals surface area (Å²) in [5.41, 5.74) is 6.22. The summed E-state index contributed by atoms with van der Waals surface area (Å²) in [7, 11) is 4.28. The van der Waals surface area contributed by atoms with Gasteiger partial charge in [0, 0.05) is 24.7 Å². The van der Waals surface area contributed by atoms with Gasteiger partial charge >= 0.3 is 0 Å². The molecule has 0 saturated carbocycles. The predicted molar refractivity (Wildman–Crippen MR) is 76.6 cm³/mol. The summed E-state index contributed by atoms with van der Waals surface area (Å²) in [4.78, 5) is 4.67.